The maximum atomic E-state index is 13.7. The third-order valence-corrected chi connectivity index (χ3v) is 6.55. The minimum Gasteiger partial charge on any atom is -0.356 e. The standard InChI is InChI=1S/C30H33N3O3/c1-4-5-8-17-31-28(34)19-23-13-15-25(16-14-23)33-29(35)26-9-6-7-10-27(26)32(30(33)36)20-24-18-21(2)11-12-22(24)3/h6-7,9-16,18H,4-5,8,17,19-20H2,1-3H3,(H,31,34). The molecular formula is C30H33N3O3. The molecule has 1 aromatic heterocycles. The van der Waals surface area contributed by atoms with Crippen molar-refractivity contribution in [3.63, 3.8) is 0 Å². The number of amides is 1. The Labute approximate surface area is 211 Å². The Hall–Kier alpha value is -3.93. The predicted octanol–water partition coefficient (Wildman–Crippen LogP) is 4.67. The highest BCUT2D eigenvalue weighted by Gasteiger charge is 2.15. The number of unbranched alkanes of at least 4 members (excludes halogenated alkanes) is 2. The summed E-state index contributed by atoms with van der Waals surface area (Å²) in [5.41, 5.74) is 4.43. The number of fused-ring (bicyclic) bond motifs is 1. The summed E-state index contributed by atoms with van der Waals surface area (Å²) in [5.74, 6) is -0.0300. The first-order valence-electron chi connectivity index (χ1n) is 12.6. The van der Waals surface area contributed by atoms with Crippen LogP contribution >= 0.6 is 0 Å². The fourth-order valence-corrected chi connectivity index (χ4v) is 4.46. The molecule has 36 heavy (non-hydrogen) atoms. The summed E-state index contributed by atoms with van der Waals surface area (Å²) < 4.78 is 2.89. The third-order valence-electron chi connectivity index (χ3n) is 6.55. The van der Waals surface area contributed by atoms with Crippen molar-refractivity contribution in [1.82, 2.24) is 14.5 Å². The second-order valence-electron chi connectivity index (χ2n) is 9.36. The Bertz CT molecular complexity index is 1500. The maximum Gasteiger partial charge on any atom is 0.336 e. The van der Waals surface area contributed by atoms with Crippen molar-refractivity contribution in [1.29, 1.82) is 0 Å². The summed E-state index contributed by atoms with van der Waals surface area (Å²) >= 11 is 0. The van der Waals surface area contributed by atoms with Crippen molar-refractivity contribution in [3.8, 4) is 5.69 Å². The van der Waals surface area contributed by atoms with Crippen LogP contribution in [-0.4, -0.2) is 21.6 Å². The van der Waals surface area contributed by atoms with Gasteiger partial charge in [-0.3, -0.25) is 14.2 Å². The molecule has 4 rings (SSSR count). The number of rotatable bonds is 9. The molecule has 0 unspecified atom stereocenters. The molecule has 4 aromatic rings. The molecule has 0 fully saturated rings. The number of carbonyl (C=O) groups excluding carboxylic acids is 1. The van der Waals surface area contributed by atoms with Crippen molar-refractivity contribution in [2.45, 2.75) is 53.0 Å². The molecular weight excluding hydrogens is 450 g/mol. The van der Waals surface area contributed by atoms with Gasteiger partial charge in [0.15, 0.2) is 0 Å². The molecule has 0 saturated carbocycles. The van der Waals surface area contributed by atoms with Crippen molar-refractivity contribution in [2.24, 2.45) is 0 Å². The van der Waals surface area contributed by atoms with Crippen molar-refractivity contribution >= 4 is 16.8 Å². The van der Waals surface area contributed by atoms with Crippen LogP contribution in [0.3, 0.4) is 0 Å². The van der Waals surface area contributed by atoms with Crippen LogP contribution in [0.2, 0.25) is 0 Å². The summed E-state index contributed by atoms with van der Waals surface area (Å²) in [6.07, 6.45) is 3.44. The van der Waals surface area contributed by atoms with Crippen LogP contribution in [0, 0.1) is 13.8 Å². The lowest BCUT2D eigenvalue weighted by Crippen LogP contribution is -2.39. The summed E-state index contributed by atoms with van der Waals surface area (Å²) in [6.45, 7) is 7.22. The van der Waals surface area contributed by atoms with E-state index >= 15 is 0 Å². The van der Waals surface area contributed by atoms with E-state index in [1.54, 1.807) is 34.9 Å². The Kier molecular flexibility index (Phi) is 7.84. The maximum absolute atomic E-state index is 13.7. The molecule has 186 valence electrons. The summed E-state index contributed by atoms with van der Waals surface area (Å²) in [4.78, 5) is 39.3. The molecule has 1 amide bonds. The average Bonchev–Trinajstić information content (AvgIpc) is 2.87. The van der Waals surface area contributed by atoms with E-state index in [2.05, 4.69) is 18.3 Å². The number of benzene rings is 3. The normalized spacial score (nSPS) is 11.1. The fourth-order valence-electron chi connectivity index (χ4n) is 4.46. The van der Waals surface area contributed by atoms with Crippen LogP contribution in [-0.2, 0) is 17.8 Å². The second-order valence-corrected chi connectivity index (χ2v) is 9.36. The molecule has 3 aromatic carbocycles. The Morgan fingerprint density at radius 3 is 2.42 bits per heavy atom. The summed E-state index contributed by atoms with van der Waals surface area (Å²) in [7, 11) is 0. The van der Waals surface area contributed by atoms with Crippen LogP contribution in [0.4, 0.5) is 0 Å². The topological polar surface area (TPSA) is 73.1 Å². The first-order chi connectivity index (χ1) is 17.4. The summed E-state index contributed by atoms with van der Waals surface area (Å²) in [6, 6.07) is 20.5. The van der Waals surface area contributed by atoms with Gasteiger partial charge in [-0.25, -0.2) is 9.36 Å². The zero-order valence-electron chi connectivity index (χ0n) is 21.2. The smallest absolute Gasteiger partial charge is 0.336 e. The number of nitrogens with zero attached hydrogens (tertiary/aromatic N) is 2. The minimum atomic E-state index is -0.388. The van der Waals surface area contributed by atoms with Crippen molar-refractivity contribution in [2.75, 3.05) is 6.54 Å². The van der Waals surface area contributed by atoms with Crippen LogP contribution < -0.4 is 16.6 Å². The van der Waals surface area contributed by atoms with Gasteiger partial charge in [0.1, 0.15) is 0 Å². The van der Waals surface area contributed by atoms with Crippen LogP contribution in [0.15, 0.2) is 76.3 Å². The number of aryl methyl sites for hydroxylation is 2. The molecule has 1 N–H and O–H groups in total. The van der Waals surface area contributed by atoms with E-state index in [9.17, 15) is 14.4 Å². The van der Waals surface area contributed by atoms with E-state index in [1.807, 2.05) is 44.2 Å². The van der Waals surface area contributed by atoms with Crippen LogP contribution in [0.1, 0.15) is 48.4 Å². The highest BCUT2D eigenvalue weighted by atomic mass is 16.2. The van der Waals surface area contributed by atoms with Gasteiger partial charge in [0.05, 0.1) is 29.6 Å². The number of aromatic nitrogens is 2. The number of hydrogen-bond donors (Lipinski definition) is 1. The lowest BCUT2D eigenvalue weighted by molar-refractivity contribution is -0.120. The van der Waals surface area contributed by atoms with E-state index in [0.29, 0.717) is 29.7 Å². The fraction of sp³-hybridized carbons (Fsp3) is 0.300. The van der Waals surface area contributed by atoms with Gasteiger partial charge in [0, 0.05) is 6.54 Å². The monoisotopic (exact) mass is 483 g/mol. The molecule has 0 aliphatic rings. The van der Waals surface area contributed by atoms with Gasteiger partial charge in [0.25, 0.3) is 5.56 Å². The van der Waals surface area contributed by atoms with Crippen molar-refractivity contribution < 1.29 is 4.79 Å². The van der Waals surface area contributed by atoms with Gasteiger partial charge in [-0.05, 0) is 61.2 Å². The molecule has 1 heterocycles. The van der Waals surface area contributed by atoms with E-state index in [0.717, 1.165) is 41.5 Å². The zero-order valence-corrected chi connectivity index (χ0v) is 21.2. The lowest BCUT2D eigenvalue weighted by Gasteiger charge is -2.16. The van der Waals surface area contributed by atoms with Crippen LogP contribution in [0.5, 0.6) is 0 Å². The van der Waals surface area contributed by atoms with E-state index in [-0.39, 0.29) is 23.6 Å². The van der Waals surface area contributed by atoms with Gasteiger partial charge in [-0.2, -0.15) is 0 Å². The van der Waals surface area contributed by atoms with Crippen molar-refractivity contribution in [3.05, 3.63) is 110 Å². The molecule has 0 saturated heterocycles. The van der Waals surface area contributed by atoms with E-state index in [4.69, 9.17) is 0 Å². The van der Waals surface area contributed by atoms with Gasteiger partial charge in [0.2, 0.25) is 5.91 Å². The lowest BCUT2D eigenvalue weighted by atomic mass is 10.1. The Morgan fingerprint density at radius 1 is 0.917 bits per heavy atom. The number of para-hydroxylation sites is 1. The molecule has 0 bridgehead atoms. The Morgan fingerprint density at radius 2 is 1.67 bits per heavy atom. The quantitative estimate of drug-likeness (QED) is 0.352. The third kappa shape index (κ3) is 5.48. The first kappa shape index (κ1) is 25.2. The van der Waals surface area contributed by atoms with Gasteiger partial charge in [-0.15, -0.1) is 0 Å². The second kappa shape index (κ2) is 11.2. The molecule has 0 aliphatic heterocycles. The molecule has 0 aliphatic carbocycles. The zero-order chi connectivity index (χ0) is 25.7. The number of carbonyl (C=O) groups is 1. The molecule has 0 spiro atoms. The minimum absolute atomic E-state index is 0.0300. The van der Waals surface area contributed by atoms with Gasteiger partial charge >= 0.3 is 5.69 Å². The SMILES string of the molecule is CCCCCNC(=O)Cc1ccc(-n2c(=O)c3ccccc3n(Cc3cc(C)ccc3C)c2=O)cc1. The number of nitrogens with one attached hydrogen (secondary N) is 1. The van der Waals surface area contributed by atoms with E-state index < -0.39 is 0 Å². The number of hydrogen-bond acceptors (Lipinski definition) is 3. The highest BCUT2D eigenvalue weighted by molar-refractivity contribution is 5.79. The molecule has 0 radical (unpaired) electrons. The Balaban J connectivity index is 1.69. The largest absolute Gasteiger partial charge is 0.356 e. The van der Waals surface area contributed by atoms with Crippen LogP contribution in [0.25, 0.3) is 16.6 Å². The first-order valence-corrected chi connectivity index (χ1v) is 12.6. The highest BCUT2D eigenvalue weighted by Crippen LogP contribution is 2.16. The van der Waals surface area contributed by atoms with Gasteiger partial charge < -0.3 is 5.32 Å². The molecule has 6 heteroatoms. The van der Waals surface area contributed by atoms with E-state index in [1.165, 1.54) is 4.57 Å². The molecule has 6 nitrogen and oxygen atoms in total. The molecule has 0 atom stereocenters. The predicted molar refractivity (Wildman–Crippen MR) is 145 cm³/mol. The average molecular weight is 484 g/mol. The van der Waals surface area contributed by atoms with Gasteiger partial charge in [-0.1, -0.05) is 67.8 Å². The summed E-state index contributed by atoms with van der Waals surface area (Å²) in [5, 5.41) is 3.43.